The molecule has 2 N–H and O–H groups in total. The van der Waals surface area contributed by atoms with Crippen LogP contribution in [0.2, 0.25) is 0 Å². The zero-order valence-electron chi connectivity index (χ0n) is 8.83. The van der Waals surface area contributed by atoms with Gasteiger partial charge in [-0.2, -0.15) is 0 Å². The quantitative estimate of drug-likeness (QED) is 0.841. The maximum atomic E-state index is 5.62. The summed E-state index contributed by atoms with van der Waals surface area (Å²) in [6.07, 6.45) is 5.77. The fourth-order valence-electron chi connectivity index (χ4n) is 1.97. The molecule has 0 spiro atoms. The first kappa shape index (κ1) is 9.80. The van der Waals surface area contributed by atoms with Crippen LogP contribution in [0.15, 0.2) is 18.6 Å². The Morgan fingerprint density at radius 2 is 2.31 bits per heavy atom. The van der Waals surface area contributed by atoms with Crippen molar-refractivity contribution in [2.24, 2.45) is 0 Å². The second-order valence-corrected chi connectivity index (χ2v) is 5.06. The van der Waals surface area contributed by atoms with Crippen LogP contribution in [0.5, 0.6) is 0 Å². The number of fused-ring (bicyclic) bond motifs is 1. The lowest BCUT2D eigenvalue weighted by molar-refractivity contribution is 0.210. The Morgan fingerprint density at radius 1 is 1.38 bits per heavy atom. The molecule has 3 heterocycles. The third-order valence-corrected chi connectivity index (χ3v) is 3.59. The summed E-state index contributed by atoms with van der Waals surface area (Å²) in [4.78, 5) is 12.0. The van der Waals surface area contributed by atoms with Crippen LogP contribution < -0.4 is 5.73 Å². The number of nitrogens with two attached hydrogens (primary N) is 1. The maximum absolute atomic E-state index is 5.62. The third-order valence-electron chi connectivity index (χ3n) is 2.77. The fraction of sp³-hybridized carbons (Fsp3) is 0.400. The van der Waals surface area contributed by atoms with Gasteiger partial charge in [-0.3, -0.25) is 4.90 Å². The van der Waals surface area contributed by atoms with E-state index in [1.54, 1.807) is 11.3 Å². The number of nitrogen functional groups attached to an aromatic ring is 1. The molecule has 1 aliphatic heterocycles. The number of thiazole rings is 1. The summed E-state index contributed by atoms with van der Waals surface area (Å²) in [5.41, 5.74) is 5.62. The molecule has 3 rings (SSSR count). The molecule has 2 aromatic rings. The SMILES string of the molecule is Nc1ncc(CN2CCn3ccnc3C2)s1. The van der Waals surface area contributed by atoms with E-state index < -0.39 is 0 Å². The van der Waals surface area contributed by atoms with Crippen LogP contribution in [0.4, 0.5) is 5.13 Å². The summed E-state index contributed by atoms with van der Waals surface area (Å²) >= 11 is 1.56. The van der Waals surface area contributed by atoms with E-state index in [4.69, 9.17) is 5.73 Å². The van der Waals surface area contributed by atoms with E-state index in [-0.39, 0.29) is 0 Å². The van der Waals surface area contributed by atoms with Crippen LogP contribution >= 0.6 is 11.3 Å². The summed E-state index contributed by atoms with van der Waals surface area (Å²) < 4.78 is 2.21. The fourth-order valence-corrected chi connectivity index (χ4v) is 2.70. The molecule has 0 saturated carbocycles. The molecule has 5 nitrogen and oxygen atoms in total. The van der Waals surface area contributed by atoms with Gasteiger partial charge in [0.15, 0.2) is 5.13 Å². The Labute approximate surface area is 97.5 Å². The molecule has 84 valence electrons. The van der Waals surface area contributed by atoms with Gasteiger partial charge in [0.05, 0.1) is 6.54 Å². The molecule has 0 unspecified atom stereocenters. The van der Waals surface area contributed by atoms with Crippen LogP contribution in [-0.4, -0.2) is 26.0 Å². The predicted octanol–water partition coefficient (Wildman–Crippen LogP) is 0.938. The minimum Gasteiger partial charge on any atom is -0.375 e. The monoisotopic (exact) mass is 235 g/mol. The second kappa shape index (κ2) is 3.88. The molecule has 0 amide bonds. The van der Waals surface area contributed by atoms with E-state index in [0.717, 1.165) is 32.0 Å². The van der Waals surface area contributed by atoms with Gasteiger partial charge in [0, 0.05) is 43.1 Å². The van der Waals surface area contributed by atoms with Gasteiger partial charge in [0.25, 0.3) is 0 Å². The standard InChI is InChI=1S/C10H13N5S/c11-10-13-5-8(16-10)6-14-3-4-15-2-1-12-9(15)7-14/h1-2,5H,3-4,6-7H2,(H2,11,13). The number of hydrogen-bond donors (Lipinski definition) is 1. The minimum atomic E-state index is 0.647. The number of anilines is 1. The van der Waals surface area contributed by atoms with E-state index in [0.29, 0.717) is 5.13 Å². The van der Waals surface area contributed by atoms with Gasteiger partial charge in [0.1, 0.15) is 5.82 Å². The highest BCUT2D eigenvalue weighted by Gasteiger charge is 2.17. The van der Waals surface area contributed by atoms with Gasteiger partial charge in [-0.1, -0.05) is 0 Å². The average molecular weight is 235 g/mol. The molecular weight excluding hydrogens is 222 g/mol. The van der Waals surface area contributed by atoms with Crippen molar-refractivity contribution in [1.29, 1.82) is 0 Å². The summed E-state index contributed by atoms with van der Waals surface area (Å²) in [5.74, 6) is 1.14. The van der Waals surface area contributed by atoms with Crippen molar-refractivity contribution in [1.82, 2.24) is 19.4 Å². The molecule has 0 radical (unpaired) electrons. The minimum absolute atomic E-state index is 0.647. The van der Waals surface area contributed by atoms with E-state index in [1.165, 1.54) is 4.88 Å². The molecular formula is C10H13N5S. The lowest BCUT2D eigenvalue weighted by Crippen LogP contribution is -2.32. The second-order valence-electron chi connectivity index (χ2n) is 3.91. The first-order valence-corrected chi connectivity index (χ1v) is 6.05. The Morgan fingerprint density at radius 3 is 3.12 bits per heavy atom. The Hall–Kier alpha value is -1.40. The number of rotatable bonds is 2. The highest BCUT2D eigenvalue weighted by Crippen LogP contribution is 2.19. The highest BCUT2D eigenvalue weighted by atomic mass is 32.1. The van der Waals surface area contributed by atoms with Crippen LogP contribution in [0.3, 0.4) is 0 Å². The van der Waals surface area contributed by atoms with E-state index in [2.05, 4.69) is 19.4 Å². The average Bonchev–Trinajstić information content (AvgIpc) is 2.87. The topological polar surface area (TPSA) is 60.0 Å². The van der Waals surface area contributed by atoms with E-state index in [1.807, 2.05) is 18.6 Å². The van der Waals surface area contributed by atoms with Gasteiger partial charge in [-0.25, -0.2) is 9.97 Å². The lowest BCUT2D eigenvalue weighted by atomic mass is 10.3. The van der Waals surface area contributed by atoms with Crippen molar-refractivity contribution in [2.45, 2.75) is 19.6 Å². The van der Waals surface area contributed by atoms with Crippen LogP contribution in [0, 0.1) is 0 Å². The zero-order chi connectivity index (χ0) is 11.0. The molecule has 0 fully saturated rings. The van der Waals surface area contributed by atoms with Crippen LogP contribution in [0.25, 0.3) is 0 Å². The maximum Gasteiger partial charge on any atom is 0.180 e. The smallest absolute Gasteiger partial charge is 0.180 e. The summed E-state index contributed by atoms with van der Waals surface area (Å²) in [5, 5.41) is 0.647. The number of hydrogen-bond acceptors (Lipinski definition) is 5. The van der Waals surface area contributed by atoms with Crippen LogP contribution in [0.1, 0.15) is 10.7 Å². The number of nitrogens with zero attached hydrogens (tertiary/aromatic N) is 4. The number of aromatic nitrogens is 3. The predicted molar refractivity (Wildman–Crippen MR) is 62.9 cm³/mol. The summed E-state index contributed by atoms with van der Waals surface area (Å²) in [7, 11) is 0. The highest BCUT2D eigenvalue weighted by molar-refractivity contribution is 7.15. The number of imidazole rings is 1. The van der Waals surface area contributed by atoms with Crippen molar-refractivity contribution in [3.8, 4) is 0 Å². The molecule has 16 heavy (non-hydrogen) atoms. The Bertz CT molecular complexity index is 489. The first-order valence-electron chi connectivity index (χ1n) is 5.24. The van der Waals surface area contributed by atoms with Crippen molar-refractivity contribution < 1.29 is 0 Å². The van der Waals surface area contributed by atoms with Gasteiger partial charge in [-0.05, 0) is 0 Å². The van der Waals surface area contributed by atoms with E-state index in [9.17, 15) is 0 Å². The first-order chi connectivity index (χ1) is 7.81. The van der Waals surface area contributed by atoms with Gasteiger partial charge in [-0.15, -0.1) is 11.3 Å². The van der Waals surface area contributed by atoms with Gasteiger partial charge >= 0.3 is 0 Å². The molecule has 0 bridgehead atoms. The Balaban J connectivity index is 1.70. The summed E-state index contributed by atoms with van der Waals surface area (Å²) in [6.45, 7) is 3.90. The third kappa shape index (κ3) is 1.81. The molecule has 6 heteroatoms. The van der Waals surface area contributed by atoms with Crippen molar-refractivity contribution in [3.05, 3.63) is 29.3 Å². The molecule has 0 aromatic carbocycles. The van der Waals surface area contributed by atoms with Gasteiger partial charge in [0.2, 0.25) is 0 Å². The molecule has 0 atom stereocenters. The molecule has 0 aliphatic carbocycles. The Kier molecular flexibility index (Phi) is 2.37. The molecule has 2 aromatic heterocycles. The van der Waals surface area contributed by atoms with Crippen molar-refractivity contribution >= 4 is 16.5 Å². The van der Waals surface area contributed by atoms with Gasteiger partial charge < -0.3 is 10.3 Å². The van der Waals surface area contributed by atoms with Crippen LogP contribution in [-0.2, 0) is 19.6 Å². The normalized spacial score (nSPS) is 16.2. The largest absolute Gasteiger partial charge is 0.375 e. The summed E-state index contributed by atoms with van der Waals surface area (Å²) in [6, 6.07) is 0. The van der Waals surface area contributed by atoms with Crippen molar-refractivity contribution in [2.75, 3.05) is 12.3 Å². The lowest BCUT2D eigenvalue weighted by Gasteiger charge is -2.26. The zero-order valence-corrected chi connectivity index (χ0v) is 9.65. The van der Waals surface area contributed by atoms with Crippen molar-refractivity contribution in [3.63, 3.8) is 0 Å². The molecule has 0 saturated heterocycles. The molecule has 1 aliphatic rings. The van der Waals surface area contributed by atoms with E-state index >= 15 is 0 Å².